The Hall–Kier alpha value is -2.11. The van der Waals surface area contributed by atoms with E-state index in [9.17, 15) is 10.1 Å². The molecule has 0 bridgehead atoms. The topological polar surface area (TPSA) is 108 Å². The summed E-state index contributed by atoms with van der Waals surface area (Å²) in [5, 5.41) is 10.5. The van der Waals surface area contributed by atoms with E-state index in [2.05, 4.69) is 4.99 Å². The zero-order chi connectivity index (χ0) is 10.7. The van der Waals surface area contributed by atoms with E-state index in [1.165, 1.54) is 12.1 Å². The lowest BCUT2D eigenvalue weighted by atomic mass is 10.2. The molecule has 0 aliphatic carbocycles. The number of hydrogen-bond acceptors (Lipinski definition) is 3. The Morgan fingerprint density at radius 1 is 1.43 bits per heavy atom. The first-order chi connectivity index (χ1) is 6.49. The number of nitro groups is 1. The fourth-order valence-electron chi connectivity index (χ4n) is 1.06. The third-order valence-corrected chi connectivity index (χ3v) is 1.52. The van der Waals surface area contributed by atoms with Crippen molar-refractivity contribution in [3.8, 4) is 0 Å². The number of rotatable bonds is 2. The summed E-state index contributed by atoms with van der Waals surface area (Å²) in [6.07, 6.45) is 0. The Morgan fingerprint density at radius 2 is 2.07 bits per heavy atom. The summed E-state index contributed by atoms with van der Waals surface area (Å²) < 4.78 is 0. The van der Waals surface area contributed by atoms with Crippen molar-refractivity contribution in [2.75, 3.05) is 0 Å². The number of aliphatic imine (C=N–C) groups is 1. The second kappa shape index (κ2) is 3.73. The zero-order valence-corrected chi connectivity index (χ0v) is 7.60. The van der Waals surface area contributed by atoms with E-state index in [0.29, 0.717) is 5.69 Å². The van der Waals surface area contributed by atoms with E-state index in [1.807, 2.05) is 0 Å². The second-order valence-electron chi connectivity index (χ2n) is 2.82. The fraction of sp³-hybridized carbons (Fsp3) is 0.125. The lowest BCUT2D eigenvalue weighted by molar-refractivity contribution is -0.384. The van der Waals surface area contributed by atoms with Gasteiger partial charge in [0.15, 0.2) is 5.96 Å². The van der Waals surface area contributed by atoms with Crippen LogP contribution in [0.15, 0.2) is 23.2 Å². The van der Waals surface area contributed by atoms with Gasteiger partial charge in [-0.25, -0.2) is 4.99 Å². The van der Waals surface area contributed by atoms with E-state index in [1.54, 1.807) is 13.0 Å². The molecule has 0 spiro atoms. The number of nitrogens with two attached hydrogens (primary N) is 2. The van der Waals surface area contributed by atoms with Gasteiger partial charge >= 0.3 is 0 Å². The molecule has 0 atom stereocenters. The van der Waals surface area contributed by atoms with Crippen LogP contribution in [0, 0.1) is 17.0 Å². The Morgan fingerprint density at radius 3 is 2.57 bits per heavy atom. The van der Waals surface area contributed by atoms with Crippen LogP contribution in [-0.4, -0.2) is 10.9 Å². The van der Waals surface area contributed by atoms with Crippen molar-refractivity contribution in [1.29, 1.82) is 0 Å². The average Bonchev–Trinajstić information content (AvgIpc) is 2.01. The SMILES string of the molecule is Cc1cc(N=C(N)N)cc([N+](=O)[O-])c1. The number of hydrogen-bond donors (Lipinski definition) is 2. The lowest BCUT2D eigenvalue weighted by Crippen LogP contribution is -2.21. The summed E-state index contributed by atoms with van der Waals surface area (Å²) >= 11 is 0. The van der Waals surface area contributed by atoms with Crippen molar-refractivity contribution in [3.63, 3.8) is 0 Å². The molecule has 0 saturated heterocycles. The molecule has 0 aromatic heterocycles. The van der Waals surface area contributed by atoms with Crippen molar-refractivity contribution in [3.05, 3.63) is 33.9 Å². The van der Waals surface area contributed by atoms with Gasteiger partial charge in [-0.1, -0.05) is 0 Å². The number of benzene rings is 1. The predicted octanol–water partition coefficient (Wildman–Crippen LogP) is 0.808. The van der Waals surface area contributed by atoms with Gasteiger partial charge in [0.25, 0.3) is 5.69 Å². The highest BCUT2D eigenvalue weighted by Gasteiger charge is 2.07. The van der Waals surface area contributed by atoms with Crippen LogP contribution >= 0.6 is 0 Å². The van der Waals surface area contributed by atoms with Gasteiger partial charge < -0.3 is 11.5 Å². The Labute approximate surface area is 80.4 Å². The van der Waals surface area contributed by atoms with Gasteiger partial charge in [0, 0.05) is 12.1 Å². The highest BCUT2D eigenvalue weighted by atomic mass is 16.6. The minimum Gasteiger partial charge on any atom is -0.370 e. The number of nitro benzene ring substituents is 1. The summed E-state index contributed by atoms with van der Waals surface area (Å²) in [7, 11) is 0. The Bertz CT molecular complexity index is 396. The summed E-state index contributed by atoms with van der Waals surface area (Å²) in [6.45, 7) is 1.73. The molecule has 0 fully saturated rings. The molecule has 4 N–H and O–H groups in total. The third-order valence-electron chi connectivity index (χ3n) is 1.52. The van der Waals surface area contributed by atoms with E-state index < -0.39 is 4.92 Å². The summed E-state index contributed by atoms with van der Waals surface area (Å²) in [4.78, 5) is 13.7. The first-order valence-electron chi connectivity index (χ1n) is 3.85. The average molecular weight is 194 g/mol. The van der Waals surface area contributed by atoms with Crippen LogP contribution in [0.25, 0.3) is 0 Å². The van der Waals surface area contributed by atoms with Crippen LogP contribution in [0.2, 0.25) is 0 Å². The van der Waals surface area contributed by atoms with Crippen LogP contribution in [0.3, 0.4) is 0 Å². The van der Waals surface area contributed by atoms with Crippen LogP contribution in [0.4, 0.5) is 11.4 Å². The molecule has 0 aliphatic rings. The van der Waals surface area contributed by atoms with E-state index in [0.717, 1.165) is 5.56 Å². The highest BCUT2D eigenvalue weighted by molar-refractivity contribution is 5.79. The number of guanidine groups is 1. The molecule has 1 rings (SSSR count). The third kappa shape index (κ3) is 2.44. The fourth-order valence-corrected chi connectivity index (χ4v) is 1.06. The Balaban J connectivity index is 3.20. The van der Waals surface area contributed by atoms with E-state index in [-0.39, 0.29) is 11.6 Å². The monoisotopic (exact) mass is 194 g/mol. The van der Waals surface area contributed by atoms with Crippen LogP contribution < -0.4 is 11.5 Å². The quantitative estimate of drug-likeness (QED) is 0.314. The minimum absolute atomic E-state index is 0.0231. The van der Waals surface area contributed by atoms with Crippen molar-refractivity contribution in [1.82, 2.24) is 0 Å². The number of non-ortho nitro benzene ring substituents is 1. The number of nitrogens with zero attached hydrogens (tertiary/aromatic N) is 2. The van der Waals surface area contributed by atoms with Gasteiger partial charge in [-0.2, -0.15) is 0 Å². The molecule has 0 saturated carbocycles. The molecule has 0 amide bonds. The molecule has 0 aliphatic heterocycles. The maximum Gasteiger partial charge on any atom is 0.271 e. The normalized spacial score (nSPS) is 9.50. The largest absolute Gasteiger partial charge is 0.370 e. The van der Waals surface area contributed by atoms with Crippen molar-refractivity contribution >= 4 is 17.3 Å². The van der Waals surface area contributed by atoms with Gasteiger partial charge in [-0.05, 0) is 18.6 Å². The number of aryl methyl sites for hydroxylation is 1. The lowest BCUT2D eigenvalue weighted by Gasteiger charge is -1.98. The van der Waals surface area contributed by atoms with Crippen LogP contribution in [0.5, 0.6) is 0 Å². The molecular weight excluding hydrogens is 184 g/mol. The molecule has 6 heteroatoms. The predicted molar refractivity (Wildman–Crippen MR) is 53.3 cm³/mol. The van der Waals surface area contributed by atoms with E-state index in [4.69, 9.17) is 11.5 Å². The summed E-state index contributed by atoms with van der Waals surface area (Å²) in [6, 6.07) is 4.42. The molecular formula is C8H10N4O2. The van der Waals surface area contributed by atoms with Crippen molar-refractivity contribution < 1.29 is 4.92 Å². The van der Waals surface area contributed by atoms with Gasteiger partial charge in [-0.15, -0.1) is 0 Å². The molecule has 6 nitrogen and oxygen atoms in total. The molecule has 0 radical (unpaired) electrons. The molecule has 1 aromatic rings. The zero-order valence-electron chi connectivity index (χ0n) is 7.60. The van der Waals surface area contributed by atoms with Gasteiger partial charge in [0.05, 0.1) is 10.6 Å². The standard InChI is InChI=1S/C8H10N4O2/c1-5-2-6(11-8(9)10)4-7(3-5)12(13)14/h2-4H,1H3,(H4,9,10,11). The molecule has 14 heavy (non-hydrogen) atoms. The van der Waals surface area contributed by atoms with Gasteiger partial charge in [-0.3, -0.25) is 10.1 Å². The maximum absolute atomic E-state index is 10.5. The van der Waals surface area contributed by atoms with Crippen molar-refractivity contribution in [2.45, 2.75) is 6.92 Å². The molecule has 1 aromatic carbocycles. The van der Waals surface area contributed by atoms with Crippen LogP contribution in [0.1, 0.15) is 5.56 Å². The van der Waals surface area contributed by atoms with Gasteiger partial charge in [0.1, 0.15) is 0 Å². The summed E-state index contributed by atoms with van der Waals surface area (Å²) in [5.41, 5.74) is 11.4. The maximum atomic E-state index is 10.5. The van der Waals surface area contributed by atoms with Crippen molar-refractivity contribution in [2.24, 2.45) is 16.5 Å². The molecule has 74 valence electrons. The first-order valence-corrected chi connectivity index (χ1v) is 3.85. The molecule has 0 heterocycles. The minimum atomic E-state index is -0.487. The molecule has 0 unspecified atom stereocenters. The smallest absolute Gasteiger partial charge is 0.271 e. The van der Waals surface area contributed by atoms with E-state index >= 15 is 0 Å². The first kappa shape index (κ1) is 9.97. The Kier molecular flexibility index (Phi) is 2.66. The van der Waals surface area contributed by atoms with Crippen LogP contribution in [-0.2, 0) is 0 Å². The second-order valence-corrected chi connectivity index (χ2v) is 2.82. The van der Waals surface area contributed by atoms with Gasteiger partial charge in [0.2, 0.25) is 0 Å². The summed E-state index contributed by atoms with van der Waals surface area (Å²) in [5.74, 6) is -0.120. The highest BCUT2D eigenvalue weighted by Crippen LogP contribution is 2.22.